The number of rotatable bonds is 9. The molecule has 1 atom stereocenters. The van der Waals surface area contributed by atoms with Crippen LogP contribution < -0.4 is 10.5 Å². The topological polar surface area (TPSA) is 61.5 Å². The van der Waals surface area contributed by atoms with E-state index in [0.29, 0.717) is 12.4 Å². The van der Waals surface area contributed by atoms with Crippen molar-refractivity contribution < 1.29 is 14.3 Å². The highest BCUT2D eigenvalue weighted by molar-refractivity contribution is 5.79. The molecule has 0 bridgehead atoms. The van der Waals surface area contributed by atoms with Gasteiger partial charge in [0.25, 0.3) is 0 Å². The highest BCUT2D eigenvalue weighted by Gasteiger charge is 2.31. The van der Waals surface area contributed by atoms with E-state index in [-0.39, 0.29) is 12.0 Å². The fraction of sp³-hybridized carbons (Fsp3) is 0.611. The van der Waals surface area contributed by atoms with Gasteiger partial charge >= 0.3 is 5.97 Å². The molecule has 22 heavy (non-hydrogen) atoms. The second-order valence-electron chi connectivity index (χ2n) is 6.06. The van der Waals surface area contributed by atoms with E-state index < -0.39 is 5.60 Å². The Hall–Kier alpha value is -1.55. The molecule has 0 radical (unpaired) electrons. The van der Waals surface area contributed by atoms with Crippen molar-refractivity contribution in [3.05, 3.63) is 29.8 Å². The monoisotopic (exact) mass is 307 g/mol. The van der Waals surface area contributed by atoms with Crippen molar-refractivity contribution in [2.24, 2.45) is 5.73 Å². The molecule has 1 rings (SSSR count). The van der Waals surface area contributed by atoms with Crippen LogP contribution in [0.4, 0.5) is 0 Å². The fourth-order valence-electron chi connectivity index (χ4n) is 2.23. The number of hydrogen-bond acceptors (Lipinski definition) is 4. The summed E-state index contributed by atoms with van der Waals surface area (Å²) in [6.45, 7) is 7.71. The minimum Gasteiger partial charge on any atom is -0.476 e. The van der Waals surface area contributed by atoms with E-state index in [9.17, 15) is 4.79 Å². The molecule has 0 aliphatic rings. The minimum atomic E-state index is -0.985. The number of esters is 1. The van der Waals surface area contributed by atoms with E-state index >= 15 is 0 Å². The highest BCUT2D eigenvalue weighted by Crippen LogP contribution is 2.21. The van der Waals surface area contributed by atoms with E-state index in [2.05, 4.69) is 6.92 Å². The molecule has 0 aliphatic heterocycles. The van der Waals surface area contributed by atoms with Crippen LogP contribution in [0, 0.1) is 0 Å². The summed E-state index contributed by atoms with van der Waals surface area (Å²) in [6.07, 6.45) is 4.14. The lowest BCUT2D eigenvalue weighted by molar-refractivity contribution is -0.158. The van der Waals surface area contributed by atoms with Gasteiger partial charge in [-0.3, -0.25) is 0 Å². The number of nitrogens with two attached hydrogens (primary N) is 1. The molecule has 0 saturated heterocycles. The van der Waals surface area contributed by atoms with E-state index in [1.807, 2.05) is 24.3 Å². The van der Waals surface area contributed by atoms with Gasteiger partial charge in [0.05, 0.1) is 6.61 Å². The molecule has 4 nitrogen and oxygen atoms in total. The summed E-state index contributed by atoms with van der Waals surface area (Å²) in [4.78, 5) is 11.8. The Labute approximate surface area is 134 Å². The summed E-state index contributed by atoms with van der Waals surface area (Å²) in [7, 11) is 0. The smallest absolute Gasteiger partial charge is 0.349 e. The first-order valence-corrected chi connectivity index (χ1v) is 8.09. The molecule has 0 heterocycles. The Balaban J connectivity index is 2.56. The fourth-order valence-corrected chi connectivity index (χ4v) is 2.23. The molecule has 0 amide bonds. The summed E-state index contributed by atoms with van der Waals surface area (Å²) < 4.78 is 10.7. The van der Waals surface area contributed by atoms with Crippen LogP contribution in [-0.4, -0.2) is 24.2 Å². The SMILES string of the molecule is CCCC(N)CCc1ccc(OC(C)(C)C(=O)OCC)cc1. The van der Waals surface area contributed by atoms with E-state index in [0.717, 1.165) is 25.7 Å². The van der Waals surface area contributed by atoms with Crippen LogP contribution in [0.2, 0.25) is 0 Å². The maximum absolute atomic E-state index is 11.8. The van der Waals surface area contributed by atoms with Crippen molar-refractivity contribution in [1.29, 1.82) is 0 Å². The number of ether oxygens (including phenoxy) is 2. The first-order chi connectivity index (χ1) is 10.4. The zero-order valence-corrected chi connectivity index (χ0v) is 14.2. The molecule has 1 aromatic carbocycles. The van der Waals surface area contributed by atoms with Crippen LogP contribution in [-0.2, 0) is 16.0 Å². The molecule has 4 heteroatoms. The first-order valence-electron chi connectivity index (χ1n) is 8.09. The summed E-state index contributed by atoms with van der Waals surface area (Å²) in [5.74, 6) is 0.310. The lowest BCUT2D eigenvalue weighted by Crippen LogP contribution is -2.39. The molecule has 2 N–H and O–H groups in total. The van der Waals surface area contributed by atoms with Crippen LogP contribution in [0.1, 0.15) is 52.5 Å². The summed E-state index contributed by atoms with van der Waals surface area (Å²) in [5, 5.41) is 0. The van der Waals surface area contributed by atoms with Gasteiger partial charge in [-0.05, 0) is 57.7 Å². The third kappa shape index (κ3) is 6.06. The standard InChI is InChI=1S/C18H29NO3/c1-5-7-15(19)11-8-14-9-12-16(13-10-14)22-18(3,4)17(20)21-6-2/h9-10,12-13,15H,5-8,11,19H2,1-4H3. The zero-order chi connectivity index (χ0) is 16.6. The van der Waals surface area contributed by atoms with Crippen molar-refractivity contribution in [2.75, 3.05) is 6.61 Å². The van der Waals surface area contributed by atoms with E-state index in [1.165, 1.54) is 5.56 Å². The third-order valence-corrected chi connectivity index (χ3v) is 3.53. The average Bonchev–Trinajstić information content (AvgIpc) is 2.47. The van der Waals surface area contributed by atoms with Gasteiger partial charge < -0.3 is 15.2 Å². The van der Waals surface area contributed by atoms with E-state index in [1.54, 1.807) is 20.8 Å². The van der Waals surface area contributed by atoms with Crippen LogP contribution in [0.15, 0.2) is 24.3 Å². The van der Waals surface area contributed by atoms with Crippen molar-refractivity contribution in [1.82, 2.24) is 0 Å². The van der Waals surface area contributed by atoms with Crippen LogP contribution in [0.25, 0.3) is 0 Å². The van der Waals surface area contributed by atoms with Gasteiger partial charge in [0.1, 0.15) is 5.75 Å². The van der Waals surface area contributed by atoms with Crippen molar-refractivity contribution in [2.45, 2.75) is 65.0 Å². The summed E-state index contributed by atoms with van der Waals surface area (Å²) >= 11 is 0. The number of benzene rings is 1. The summed E-state index contributed by atoms with van der Waals surface area (Å²) in [6, 6.07) is 8.09. The van der Waals surface area contributed by atoms with Crippen molar-refractivity contribution >= 4 is 5.97 Å². The molecule has 1 aromatic rings. The van der Waals surface area contributed by atoms with Gasteiger partial charge in [-0.2, -0.15) is 0 Å². The highest BCUT2D eigenvalue weighted by atomic mass is 16.6. The predicted molar refractivity (Wildman–Crippen MR) is 89.0 cm³/mol. The summed E-state index contributed by atoms with van der Waals surface area (Å²) in [5.41, 5.74) is 6.28. The maximum atomic E-state index is 11.8. The first kappa shape index (κ1) is 18.5. The van der Waals surface area contributed by atoms with Crippen LogP contribution in [0.5, 0.6) is 5.75 Å². The number of aryl methyl sites for hydroxylation is 1. The van der Waals surface area contributed by atoms with Crippen molar-refractivity contribution in [3.63, 3.8) is 0 Å². The minimum absolute atomic E-state index is 0.267. The van der Waals surface area contributed by atoms with Gasteiger partial charge in [0.2, 0.25) is 0 Å². The van der Waals surface area contributed by atoms with Crippen LogP contribution >= 0.6 is 0 Å². The van der Waals surface area contributed by atoms with Gasteiger partial charge in [0, 0.05) is 6.04 Å². The zero-order valence-electron chi connectivity index (χ0n) is 14.2. The lowest BCUT2D eigenvalue weighted by atomic mass is 10.0. The van der Waals surface area contributed by atoms with E-state index in [4.69, 9.17) is 15.2 Å². The molecular weight excluding hydrogens is 278 g/mol. The molecule has 0 aromatic heterocycles. The second-order valence-corrected chi connectivity index (χ2v) is 6.06. The van der Waals surface area contributed by atoms with Crippen LogP contribution in [0.3, 0.4) is 0 Å². The van der Waals surface area contributed by atoms with Gasteiger partial charge in [0.15, 0.2) is 5.60 Å². The van der Waals surface area contributed by atoms with Gasteiger partial charge in [-0.1, -0.05) is 25.5 Å². The predicted octanol–water partition coefficient (Wildman–Crippen LogP) is 3.47. The lowest BCUT2D eigenvalue weighted by Gasteiger charge is -2.24. The molecule has 0 spiro atoms. The average molecular weight is 307 g/mol. The largest absolute Gasteiger partial charge is 0.476 e. The second kappa shape index (κ2) is 8.79. The number of carbonyl (C=O) groups is 1. The van der Waals surface area contributed by atoms with Gasteiger partial charge in [-0.25, -0.2) is 4.79 Å². The molecule has 1 unspecified atom stereocenters. The third-order valence-electron chi connectivity index (χ3n) is 3.53. The molecule has 0 fully saturated rings. The van der Waals surface area contributed by atoms with Gasteiger partial charge in [-0.15, -0.1) is 0 Å². The maximum Gasteiger partial charge on any atom is 0.349 e. The molecular formula is C18H29NO3. The van der Waals surface area contributed by atoms with Crippen molar-refractivity contribution in [3.8, 4) is 5.75 Å². The Morgan fingerprint density at radius 1 is 1.18 bits per heavy atom. The Morgan fingerprint density at radius 3 is 2.36 bits per heavy atom. The number of hydrogen-bond donors (Lipinski definition) is 1. The molecule has 0 saturated carbocycles. The number of carbonyl (C=O) groups excluding carboxylic acids is 1. The normalized spacial score (nSPS) is 12.8. The Bertz CT molecular complexity index is 454. The Morgan fingerprint density at radius 2 is 1.82 bits per heavy atom. The Kier molecular flexibility index (Phi) is 7.39. The molecule has 0 aliphatic carbocycles. The molecule has 124 valence electrons. The quantitative estimate of drug-likeness (QED) is 0.710.